The molecule has 5 nitrogen and oxygen atoms in total. The van der Waals surface area contributed by atoms with Gasteiger partial charge in [0.2, 0.25) is 12.2 Å². The summed E-state index contributed by atoms with van der Waals surface area (Å²) in [5, 5.41) is 7.72. The lowest BCUT2D eigenvalue weighted by atomic mass is 10.2. The Hall–Kier alpha value is -1.59. The predicted octanol–water partition coefficient (Wildman–Crippen LogP) is 2.80. The summed E-state index contributed by atoms with van der Waals surface area (Å²) in [6.07, 6.45) is 1.28. The molecule has 1 N–H and O–H groups in total. The van der Waals surface area contributed by atoms with Gasteiger partial charge in [-0.3, -0.25) is 0 Å². The molecule has 1 aromatic carbocycles. The van der Waals surface area contributed by atoms with Gasteiger partial charge in [0.05, 0.1) is 0 Å². The fourth-order valence-electron chi connectivity index (χ4n) is 1.54. The van der Waals surface area contributed by atoms with E-state index in [4.69, 9.17) is 16.3 Å². The van der Waals surface area contributed by atoms with Crippen LogP contribution in [0.2, 0.25) is 5.02 Å². The van der Waals surface area contributed by atoms with Crippen molar-refractivity contribution in [2.45, 2.75) is 33.0 Å². The Morgan fingerprint density at radius 2 is 2.26 bits per heavy atom. The molecule has 0 aliphatic heterocycles. The molecule has 19 heavy (non-hydrogen) atoms. The van der Waals surface area contributed by atoms with E-state index in [1.807, 2.05) is 12.1 Å². The zero-order valence-electron chi connectivity index (χ0n) is 10.9. The molecule has 0 spiro atoms. The van der Waals surface area contributed by atoms with E-state index in [1.165, 1.54) is 6.39 Å². The van der Waals surface area contributed by atoms with Gasteiger partial charge < -0.3 is 14.6 Å². The van der Waals surface area contributed by atoms with Gasteiger partial charge in [-0.2, -0.15) is 4.98 Å². The van der Waals surface area contributed by atoms with Crippen molar-refractivity contribution in [3.63, 3.8) is 0 Å². The van der Waals surface area contributed by atoms with Gasteiger partial charge >= 0.3 is 0 Å². The van der Waals surface area contributed by atoms with Crippen molar-refractivity contribution in [2.75, 3.05) is 0 Å². The van der Waals surface area contributed by atoms with E-state index in [9.17, 15) is 0 Å². The highest BCUT2D eigenvalue weighted by atomic mass is 35.5. The number of hydrogen-bond acceptors (Lipinski definition) is 5. The number of nitrogens with zero attached hydrogens (tertiary/aromatic N) is 2. The summed E-state index contributed by atoms with van der Waals surface area (Å²) < 4.78 is 10.3. The van der Waals surface area contributed by atoms with Crippen LogP contribution in [-0.4, -0.2) is 16.2 Å². The third-order valence-electron chi connectivity index (χ3n) is 2.49. The third-order valence-corrected chi connectivity index (χ3v) is 2.72. The second kappa shape index (κ2) is 6.54. The van der Waals surface area contributed by atoms with Gasteiger partial charge in [0, 0.05) is 23.2 Å². The van der Waals surface area contributed by atoms with Crippen LogP contribution in [0.4, 0.5) is 0 Å². The van der Waals surface area contributed by atoms with Gasteiger partial charge in [-0.25, -0.2) is 0 Å². The lowest BCUT2D eigenvalue weighted by Crippen LogP contribution is -2.22. The molecular formula is C13H16ClN3O2. The molecule has 0 atom stereocenters. The van der Waals surface area contributed by atoms with E-state index < -0.39 is 0 Å². The highest BCUT2D eigenvalue weighted by Crippen LogP contribution is 2.23. The lowest BCUT2D eigenvalue weighted by Gasteiger charge is -2.13. The highest BCUT2D eigenvalue weighted by molar-refractivity contribution is 6.30. The van der Waals surface area contributed by atoms with E-state index >= 15 is 0 Å². The number of nitrogens with one attached hydrogen (secondary N) is 1. The molecule has 0 saturated heterocycles. The molecule has 0 aliphatic carbocycles. The SMILES string of the molecule is CC(C)NCc1cc(Cl)ccc1OCc1ncon1. The number of benzene rings is 1. The van der Waals surface area contributed by atoms with Crippen LogP contribution in [-0.2, 0) is 13.2 Å². The standard InChI is InChI=1S/C13H16ClN3O2/c1-9(2)15-6-10-5-11(14)3-4-12(10)18-7-13-16-8-19-17-13/h3-5,8-9,15H,6-7H2,1-2H3. The lowest BCUT2D eigenvalue weighted by molar-refractivity contribution is 0.283. The average molecular weight is 282 g/mol. The van der Waals surface area contributed by atoms with Crippen LogP contribution in [0.5, 0.6) is 5.75 Å². The van der Waals surface area contributed by atoms with Crippen molar-refractivity contribution >= 4 is 11.6 Å². The number of aromatic nitrogens is 2. The van der Waals surface area contributed by atoms with E-state index in [0.717, 1.165) is 11.3 Å². The van der Waals surface area contributed by atoms with E-state index in [-0.39, 0.29) is 6.61 Å². The van der Waals surface area contributed by atoms with Crippen LogP contribution >= 0.6 is 11.6 Å². The van der Waals surface area contributed by atoms with Gasteiger partial charge in [-0.05, 0) is 18.2 Å². The number of rotatable bonds is 6. The number of halogens is 1. The minimum absolute atomic E-state index is 0.271. The quantitative estimate of drug-likeness (QED) is 0.882. The summed E-state index contributed by atoms with van der Waals surface area (Å²) >= 11 is 6.01. The summed E-state index contributed by atoms with van der Waals surface area (Å²) in [6, 6.07) is 5.93. The molecular weight excluding hydrogens is 266 g/mol. The van der Waals surface area contributed by atoms with Crippen LogP contribution < -0.4 is 10.1 Å². The second-order valence-electron chi connectivity index (χ2n) is 4.42. The Bertz CT molecular complexity index is 515. The first-order valence-electron chi connectivity index (χ1n) is 6.05. The molecule has 0 fully saturated rings. The maximum absolute atomic E-state index is 6.01. The molecule has 2 rings (SSSR count). The summed E-state index contributed by atoms with van der Waals surface area (Å²) in [5.41, 5.74) is 1.00. The molecule has 102 valence electrons. The van der Waals surface area contributed by atoms with E-state index in [1.54, 1.807) is 6.07 Å². The molecule has 1 aromatic heterocycles. The molecule has 0 radical (unpaired) electrons. The normalized spacial score (nSPS) is 10.9. The van der Waals surface area contributed by atoms with Crippen molar-refractivity contribution < 1.29 is 9.26 Å². The first-order valence-corrected chi connectivity index (χ1v) is 6.43. The molecule has 6 heteroatoms. The largest absolute Gasteiger partial charge is 0.485 e. The first kappa shape index (κ1) is 13.8. The van der Waals surface area contributed by atoms with Crippen molar-refractivity contribution in [1.29, 1.82) is 0 Å². The van der Waals surface area contributed by atoms with Crippen LogP contribution in [0.1, 0.15) is 25.2 Å². The van der Waals surface area contributed by atoms with Gasteiger partial charge in [-0.1, -0.05) is 30.6 Å². The number of hydrogen-bond donors (Lipinski definition) is 1. The second-order valence-corrected chi connectivity index (χ2v) is 4.86. The minimum Gasteiger partial charge on any atom is -0.485 e. The molecule has 0 unspecified atom stereocenters. The zero-order valence-corrected chi connectivity index (χ0v) is 11.6. The van der Waals surface area contributed by atoms with Gasteiger partial charge in [-0.15, -0.1) is 0 Å². The predicted molar refractivity (Wildman–Crippen MR) is 72.1 cm³/mol. The van der Waals surface area contributed by atoms with Crippen molar-refractivity contribution in [3.8, 4) is 5.75 Å². The summed E-state index contributed by atoms with van der Waals surface area (Å²) in [4.78, 5) is 3.91. The third kappa shape index (κ3) is 4.22. The topological polar surface area (TPSA) is 60.2 Å². The Balaban J connectivity index is 2.05. The van der Waals surface area contributed by atoms with E-state index in [2.05, 4.69) is 33.8 Å². The van der Waals surface area contributed by atoms with Crippen molar-refractivity contribution in [2.24, 2.45) is 0 Å². The Kier molecular flexibility index (Phi) is 4.76. The fraction of sp³-hybridized carbons (Fsp3) is 0.385. The zero-order chi connectivity index (χ0) is 13.7. The maximum Gasteiger partial charge on any atom is 0.213 e. The van der Waals surface area contributed by atoms with Crippen LogP contribution in [0.25, 0.3) is 0 Å². The smallest absolute Gasteiger partial charge is 0.213 e. The summed E-state index contributed by atoms with van der Waals surface area (Å²) in [6.45, 7) is 5.14. The molecule has 0 aliphatic rings. The monoisotopic (exact) mass is 281 g/mol. The van der Waals surface area contributed by atoms with Crippen LogP contribution in [0.3, 0.4) is 0 Å². The summed E-state index contributed by atoms with van der Waals surface area (Å²) in [7, 11) is 0. The summed E-state index contributed by atoms with van der Waals surface area (Å²) in [5.74, 6) is 1.28. The van der Waals surface area contributed by atoms with Crippen LogP contribution in [0, 0.1) is 0 Å². The van der Waals surface area contributed by atoms with Crippen molar-refractivity contribution in [1.82, 2.24) is 15.5 Å². The average Bonchev–Trinajstić information content (AvgIpc) is 2.88. The van der Waals surface area contributed by atoms with Gasteiger partial charge in [0.25, 0.3) is 0 Å². The van der Waals surface area contributed by atoms with Gasteiger partial charge in [0.15, 0.2) is 6.61 Å². The highest BCUT2D eigenvalue weighted by Gasteiger charge is 2.07. The molecule has 0 amide bonds. The Morgan fingerprint density at radius 1 is 1.42 bits per heavy atom. The Labute approximate surface area is 116 Å². The van der Waals surface area contributed by atoms with E-state index in [0.29, 0.717) is 23.4 Å². The number of ether oxygens (including phenoxy) is 1. The molecule has 2 aromatic rings. The van der Waals surface area contributed by atoms with Crippen molar-refractivity contribution in [3.05, 3.63) is 41.0 Å². The minimum atomic E-state index is 0.271. The molecule has 0 bridgehead atoms. The Morgan fingerprint density at radius 3 is 2.95 bits per heavy atom. The molecule has 1 heterocycles. The fourth-order valence-corrected chi connectivity index (χ4v) is 1.73. The first-order chi connectivity index (χ1) is 9.15. The maximum atomic E-state index is 6.01. The van der Waals surface area contributed by atoms with Crippen LogP contribution in [0.15, 0.2) is 29.1 Å². The molecule has 0 saturated carbocycles. The van der Waals surface area contributed by atoms with Gasteiger partial charge in [0.1, 0.15) is 5.75 Å².